The number of carboxylic acids is 1. The number of carbonyl (C=O) groups excluding carboxylic acids is 1. The lowest BCUT2D eigenvalue weighted by Crippen LogP contribution is -2.13. The zero-order chi connectivity index (χ0) is 12.1. The lowest BCUT2D eigenvalue weighted by atomic mass is 10.1. The van der Waals surface area contributed by atoms with Gasteiger partial charge in [0.15, 0.2) is 0 Å². The quantitative estimate of drug-likeness (QED) is 0.836. The number of rotatable bonds is 4. The van der Waals surface area contributed by atoms with Crippen LogP contribution >= 0.6 is 15.9 Å². The van der Waals surface area contributed by atoms with Gasteiger partial charge in [-0.2, -0.15) is 0 Å². The van der Waals surface area contributed by atoms with E-state index in [9.17, 15) is 9.59 Å². The fraction of sp³-hybridized carbons (Fsp3) is 0.273. The predicted octanol–water partition coefficient (Wildman–Crippen LogP) is 2.63. The van der Waals surface area contributed by atoms with Gasteiger partial charge in [-0.1, -0.05) is 28.9 Å². The zero-order valence-corrected chi connectivity index (χ0v) is 10.4. The lowest BCUT2D eigenvalue weighted by Gasteiger charge is -2.08. The Labute approximate surface area is 102 Å². The SMILES string of the molecule is CCC(=O)Nc1ccc(CBr)cc1C(=O)O. The summed E-state index contributed by atoms with van der Waals surface area (Å²) in [5, 5.41) is 12.1. The Morgan fingerprint density at radius 1 is 1.44 bits per heavy atom. The average Bonchev–Trinajstić information content (AvgIpc) is 2.29. The molecule has 0 aliphatic carbocycles. The van der Waals surface area contributed by atoms with Crippen LogP contribution in [0, 0.1) is 0 Å². The second-order valence-electron chi connectivity index (χ2n) is 3.22. The smallest absolute Gasteiger partial charge is 0.337 e. The van der Waals surface area contributed by atoms with E-state index < -0.39 is 5.97 Å². The van der Waals surface area contributed by atoms with Crippen LogP contribution in [-0.4, -0.2) is 17.0 Å². The van der Waals surface area contributed by atoms with E-state index in [-0.39, 0.29) is 11.5 Å². The highest BCUT2D eigenvalue weighted by Gasteiger charge is 2.12. The van der Waals surface area contributed by atoms with Gasteiger partial charge in [0.05, 0.1) is 11.3 Å². The van der Waals surface area contributed by atoms with Gasteiger partial charge >= 0.3 is 5.97 Å². The second kappa shape index (κ2) is 5.65. The molecule has 1 amide bonds. The standard InChI is InChI=1S/C11H12BrNO3/c1-2-10(14)13-9-4-3-7(6-12)5-8(9)11(15)16/h3-5H,2,6H2,1H3,(H,13,14)(H,15,16). The fourth-order valence-electron chi connectivity index (χ4n) is 1.20. The topological polar surface area (TPSA) is 66.4 Å². The first-order chi connectivity index (χ1) is 7.58. The molecule has 0 spiro atoms. The normalized spacial score (nSPS) is 9.88. The number of hydrogen-bond donors (Lipinski definition) is 2. The van der Waals surface area contributed by atoms with Crippen LogP contribution in [0.15, 0.2) is 18.2 Å². The summed E-state index contributed by atoms with van der Waals surface area (Å²) >= 11 is 3.25. The molecule has 1 rings (SSSR count). The molecule has 0 saturated heterocycles. The molecule has 0 atom stereocenters. The number of hydrogen-bond acceptors (Lipinski definition) is 2. The van der Waals surface area contributed by atoms with Gasteiger partial charge in [0.1, 0.15) is 0 Å². The van der Waals surface area contributed by atoms with Crippen molar-refractivity contribution in [3.8, 4) is 0 Å². The number of halogens is 1. The Balaban J connectivity index is 3.08. The highest BCUT2D eigenvalue weighted by molar-refractivity contribution is 9.08. The number of alkyl halides is 1. The Kier molecular flexibility index (Phi) is 4.49. The summed E-state index contributed by atoms with van der Waals surface area (Å²) in [5.41, 5.74) is 1.30. The van der Waals surface area contributed by atoms with Crippen molar-refractivity contribution in [3.05, 3.63) is 29.3 Å². The van der Waals surface area contributed by atoms with Gasteiger partial charge in [0.25, 0.3) is 0 Å². The molecule has 0 bridgehead atoms. The van der Waals surface area contributed by atoms with E-state index in [1.54, 1.807) is 25.1 Å². The van der Waals surface area contributed by atoms with E-state index in [0.29, 0.717) is 17.4 Å². The van der Waals surface area contributed by atoms with Gasteiger partial charge < -0.3 is 10.4 Å². The van der Waals surface area contributed by atoms with Crippen LogP contribution in [0.5, 0.6) is 0 Å². The minimum atomic E-state index is -1.05. The second-order valence-corrected chi connectivity index (χ2v) is 3.78. The Bertz CT molecular complexity index is 418. The van der Waals surface area contributed by atoms with Gasteiger partial charge in [-0.05, 0) is 17.7 Å². The van der Waals surface area contributed by atoms with E-state index in [4.69, 9.17) is 5.11 Å². The first-order valence-electron chi connectivity index (χ1n) is 4.80. The van der Waals surface area contributed by atoms with Gasteiger partial charge in [-0.3, -0.25) is 4.79 Å². The molecule has 0 fully saturated rings. The third kappa shape index (κ3) is 3.06. The third-order valence-corrected chi connectivity index (χ3v) is 2.71. The number of carbonyl (C=O) groups is 2. The summed E-state index contributed by atoms with van der Waals surface area (Å²) in [6.45, 7) is 1.71. The molecule has 0 aromatic heterocycles. The number of anilines is 1. The van der Waals surface area contributed by atoms with E-state index in [2.05, 4.69) is 21.2 Å². The minimum absolute atomic E-state index is 0.110. The number of nitrogens with one attached hydrogen (secondary N) is 1. The fourth-order valence-corrected chi connectivity index (χ4v) is 1.55. The van der Waals surface area contributed by atoms with Crippen LogP contribution in [-0.2, 0) is 10.1 Å². The maximum Gasteiger partial charge on any atom is 0.337 e. The van der Waals surface area contributed by atoms with E-state index in [0.717, 1.165) is 5.56 Å². The zero-order valence-electron chi connectivity index (χ0n) is 8.79. The average molecular weight is 286 g/mol. The van der Waals surface area contributed by atoms with Crippen molar-refractivity contribution >= 4 is 33.5 Å². The molecule has 86 valence electrons. The number of aromatic carboxylic acids is 1. The van der Waals surface area contributed by atoms with Gasteiger partial charge in [0.2, 0.25) is 5.91 Å². The van der Waals surface area contributed by atoms with Crippen LogP contribution in [0.4, 0.5) is 5.69 Å². The largest absolute Gasteiger partial charge is 0.478 e. The molecule has 16 heavy (non-hydrogen) atoms. The monoisotopic (exact) mass is 285 g/mol. The molecule has 0 aliphatic rings. The molecule has 0 radical (unpaired) electrons. The summed E-state index contributed by atoms with van der Waals surface area (Å²) in [7, 11) is 0. The van der Waals surface area contributed by atoms with Crippen LogP contribution in [0.3, 0.4) is 0 Å². The van der Waals surface area contributed by atoms with Gasteiger partial charge in [0, 0.05) is 11.8 Å². The Morgan fingerprint density at radius 3 is 2.62 bits per heavy atom. The van der Waals surface area contributed by atoms with Crippen molar-refractivity contribution in [2.75, 3.05) is 5.32 Å². The molecular formula is C11H12BrNO3. The van der Waals surface area contributed by atoms with E-state index >= 15 is 0 Å². The maximum atomic E-state index is 11.2. The number of carboxylic acid groups (broad SMARTS) is 1. The third-order valence-electron chi connectivity index (χ3n) is 2.06. The van der Waals surface area contributed by atoms with Crippen LogP contribution < -0.4 is 5.32 Å². The predicted molar refractivity (Wildman–Crippen MR) is 65.0 cm³/mol. The molecule has 5 heteroatoms. The molecule has 0 aliphatic heterocycles. The van der Waals surface area contributed by atoms with Crippen LogP contribution in [0.1, 0.15) is 29.3 Å². The highest BCUT2D eigenvalue weighted by atomic mass is 79.9. The van der Waals surface area contributed by atoms with E-state index in [1.807, 2.05) is 0 Å². The van der Waals surface area contributed by atoms with Crippen LogP contribution in [0.2, 0.25) is 0 Å². The lowest BCUT2D eigenvalue weighted by molar-refractivity contribution is -0.115. The van der Waals surface area contributed by atoms with Crippen LogP contribution in [0.25, 0.3) is 0 Å². The van der Waals surface area contributed by atoms with Crippen molar-refractivity contribution in [1.29, 1.82) is 0 Å². The van der Waals surface area contributed by atoms with Crippen molar-refractivity contribution < 1.29 is 14.7 Å². The van der Waals surface area contributed by atoms with Gasteiger partial charge in [-0.25, -0.2) is 4.79 Å². The summed E-state index contributed by atoms with van der Waals surface area (Å²) in [5.74, 6) is -1.25. The number of benzene rings is 1. The first-order valence-corrected chi connectivity index (χ1v) is 5.92. The Hall–Kier alpha value is -1.36. The molecule has 1 aromatic rings. The Morgan fingerprint density at radius 2 is 2.12 bits per heavy atom. The summed E-state index contributed by atoms with van der Waals surface area (Å²) in [6.07, 6.45) is 0.319. The van der Waals surface area contributed by atoms with Crippen molar-refractivity contribution in [3.63, 3.8) is 0 Å². The van der Waals surface area contributed by atoms with Crippen molar-refractivity contribution in [1.82, 2.24) is 0 Å². The summed E-state index contributed by atoms with van der Waals surface area (Å²) in [6, 6.07) is 4.92. The highest BCUT2D eigenvalue weighted by Crippen LogP contribution is 2.19. The summed E-state index contributed by atoms with van der Waals surface area (Å²) < 4.78 is 0. The summed E-state index contributed by atoms with van der Waals surface area (Å²) in [4.78, 5) is 22.2. The van der Waals surface area contributed by atoms with Crippen molar-refractivity contribution in [2.24, 2.45) is 0 Å². The van der Waals surface area contributed by atoms with Gasteiger partial charge in [-0.15, -0.1) is 0 Å². The molecule has 4 nitrogen and oxygen atoms in total. The maximum absolute atomic E-state index is 11.2. The molecule has 0 unspecified atom stereocenters. The van der Waals surface area contributed by atoms with Crippen molar-refractivity contribution in [2.45, 2.75) is 18.7 Å². The first kappa shape index (κ1) is 12.7. The number of amides is 1. The molecule has 1 aromatic carbocycles. The minimum Gasteiger partial charge on any atom is -0.478 e. The molecule has 0 heterocycles. The van der Waals surface area contributed by atoms with E-state index in [1.165, 1.54) is 0 Å². The molecular weight excluding hydrogens is 274 g/mol. The molecule has 2 N–H and O–H groups in total. The molecule has 0 saturated carbocycles.